The molecular weight excluding hydrogens is 274 g/mol. The molecule has 1 N–H and O–H groups in total. The fourth-order valence-corrected chi connectivity index (χ4v) is 3.99. The Morgan fingerprint density at radius 1 is 1.33 bits per heavy atom. The van der Waals surface area contributed by atoms with Crippen molar-refractivity contribution in [1.82, 2.24) is 9.97 Å². The van der Waals surface area contributed by atoms with Crippen molar-refractivity contribution < 1.29 is 8.42 Å². The molecular formula is C11H16ClN3O2S. The summed E-state index contributed by atoms with van der Waals surface area (Å²) in [7, 11) is -2.94. The Kier molecular flexibility index (Phi) is 3.77. The molecule has 0 saturated carbocycles. The average molecular weight is 290 g/mol. The minimum absolute atomic E-state index is 0.283. The molecule has 0 bridgehead atoms. The number of halogens is 1. The van der Waals surface area contributed by atoms with E-state index in [1.165, 1.54) is 0 Å². The molecule has 1 atom stereocenters. The lowest BCUT2D eigenvalue weighted by molar-refractivity contribution is 0.591. The SMILES string of the molecule is Cc1nc(Cl)c(NCC2CCCS2(=O)=O)nc1C. The van der Waals surface area contributed by atoms with Crippen LogP contribution in [0.3, 0.4) is 0 Å². The lowest BCUT2D eigenvalue weighted by atomic mass is 10.2. The van der Waals surface area contributed by atoms with E-state index in [1.54, 1.807) is 0 Å². The lowest BCUT2D eigenvalue weighted by Gasteiger charge is -2.13. The van der Waals surface area contributed by atoms with Gasteiger partial charge in [0.1, 0.15) is 0 Å². The van der Waals surface area contributed by atoms with E-state index in [0.717, 1.165) is 17.8 Å². The van der Waals surface area contributed by atoms with Crippen LogP contribution in [0.25, 0.3) is 0 Å². The van der Waals surface area contributed by atoms with Crippen molar-refractivity contribution in [2.24, 2.45) is 0 Å². The van der Waals surface area contributed by atoms with Crippen LogP contribution in [0.1, 0.15) is 24.2 Å². The van der Waals surface area contributed by atoms with E-state index in [0.29, 0.717) is 18.8 Å². The third-order valence-electron chi connectivity index (χ3n) is 3.22. The summed E-state index contributed by atoms with van der Waals surface area (Å²) in [6.07, 6.45) is 1.44. The smallest absolute Gasteiger partial charge is 0.171 e. The number of aromatic nitrogens is 2. The van der Waals surface area contributed by atoms with Gasteiger partial charge in [0.25, 0.3) is 0 Å². The first-order valence-corrected chi connectivity index (χ1v) is 7.95. The van der Waals surface area contributed by atoms with E-state index in [4.69, 9.17) is 11.6 Å². The monoisotopic (exact) mass is 289 g/mol. The van der Waals surface area contributed by atoms with E-state index >= 15 is 0 Å². The van der Waals surface area contributed by atoms with Crippen molar-refractivity contribution in [2.45, 2.75) is 31.9 Å². The molecule has 1 aliphatic heterocycles. The van der Waals surface area contributed by atoms with Gasteiger partial charge in [-0.3, -0.25) is 0 Å². The van der Waals surface area contributed by atoms with Crippen molar-refractivity contribution in [3.8, 4) is 0 Å². The van der Waals surface area contributed by atoms with Gasteiger partial charge in [-0.2, -0.15) is 0 Å². The highest BCUT2D eigenvalue weighted by molar-refractivity contribution is 7.92. The molecule has 0 aromatic carbocycles. The zero-order valence-corrected chi connectivity index (χ0v) is 12.0. The molecule has 100 valence electrons. The fourth-order valence-electron chi connectivity index (χ4n) is 1.99. The second-order valence-electron chi connectivity index (χ2n) is 4.55. The van der Waals surface area contributed by atoms with Gasteiger partial charge in [-0.1, -0.05) is 11.6 Å². The van der Waals surface area contributed by atoms with Crippen molar-refractivity contribution in [2.75, 3.05) is 17.6 Å². The normalized spacial score (nSPS) is 22.1. The molecule has 1 saturated heterocycles. The Balaban J connectivity index is 2.09. The minimum atomic E-state index is -2.94. The van der Waals surface area contributed by atoms with Gasteiger partial charge in [0.15, 0.2) is 20.8 Å². The van der Waals surface area contributed by atoms with Gasteiger partial charge in [-0.25, -0.2) is 18.4 Å². The second kappa shape index (κ2) is 5.01. The lowest BCUT2D eigenvalue weighted by Crippen LogP contribution is -2.25. The molecule has 1 aromatic heterocycles. The number of hydrogen-bond acceptors (Lipinski definition) is 5. The summed E-state index contributed by atoms with van der Waals surface area (Å²) in [6.45, 7) is 4.02. The molecule has 7 heteroatoms. The zero-order valence-electron chi connectivity index (χ0n) is 10.4. The van der Waals surface area contributed by atoms with Crippen molar-refractivity contribution in [3.05, 3.63) is 16.5 Å². The van der Waals surface area contributed by atoms with Gasteiger partial charge in [0.05, 0.1) is 22.4 Å². The number of nitrogens with one attached hydrogen (secondary N) is 1. The summed E-state index contributed by atoms with van der Waals surface area (Å²) < 4.78 is 23.4. The largest absolute Gasteiger partial charge is 0.366 e. The second-order valence-corrected chi connectivity index (χ2v) is 7.30. The summed E-state index contributed by atoms with van der Waals surface area (Å²) in [6, 6.07) is 0. The van der Waals surface area contributed by atoms with Crippen LogP contribution in [-0.2, 0) is 9.84 Å². The molecule has 0 amide bonds. The number of aryl methyl sites for hydroxylation is 2. The van der Waals surface area contributed by atoms with Gasteiger partial charge >= 0.3 is 0 Å². The summed E-state index contributed by atoms with van der Waals surface area (Å²) in [5, 5.41) is 2.94. The molecule has 5 nitrogen and oxygen atoms in total. The van der Waals surface area contributed by atoms with E-state index < -0.39 is 9.84 Å². The van der Waals surface area contributed by atoms with Gasteiger partial charge in [0.2, 0.25) is 0 Å². The van der Waals surface area contributed by atoms with Gasteiger partial charge < -0.3 is 5.32 Å². The van der Waals surface area contributed by atoms with E-state index in [2.05, 4.69) is 15.3 Å². The van der Waals surface area contributed by atoms with Gasteiger partial charge in [-0.05, 0) is 26.7 Å². The summed E-state index contributed by atoms with van der Waals surface area (Å²) in [5.74, 6) is 0.743. The molecule has 1 fully saturated rings. The molecule has 2 heterocycles. The Labute approximate surface area is 112 Å². The first kappa shape index (κ1) is 13.5. The Morgan fingerprint density at radius 2 is 2.00 bits per heavy atom. The summed E-state index contributed by atoms with van der Waals surface area (Å²) >= 11 is 5.97. The predicted molar refractivity (Wildman–Crippen MR) is 71.8 cm³/mol. The maximum absolute atomic E-state index is 11.7. The van der Waals surface area contributed by atoms with Crippen LogP contribution in [0.15, 0.2) is 0 Å². The number of anilines is 1. The summed E-state index contributed by atoms with van der Waals surface area (Å²) in [4.78, 5) is 8.43. The molecule has 1 aromatic rings. The van der Waals surface area contributed by atoms with Crippen LogP contribution < -0.4 is 5.32 Å². The first-order chi connectivity index (χ1) is 8.40. The van der Waals surface area contributed by atoms with E-state index in [9.17, 15) is 8.42 Å². The fraction of sp³-hybridized carbons (Fsp3) is 0.636. The Bertz CT molecular complexity index is 560. The van der Waals surface area contributed by atoms with Crippen LogP contribution in [0.4, 0.5) is 5.82 Å². The maximum Gasteiger partial charge on any atom is 0.171 e. The molecule has 18 heavy (non-hydrogen) atoms. The predicted octanol–water partition coefficient (Wildman–Crippen LogP) is 1.74. The molecule has 1 unspecified atom stereocenters. The highest BCUT2D eigenvalue weighted by Gasteiger charge is 2.31. The zero-order chi connectivity index (χ0) is 13.3. The van der Waals surface area contributed by atoms with Crippen molar-refractivity contribution in [1.29, 1.82) is 0 Å². The van der Waals surface area contributed by atoms with Crippen molar-refractivity contribution in [3.63, 3.8) is 0 Å². The van der Waals surface area contributed by atoms with Crippen molar-refractivity contribution >= 4 is 27.3 Å². The highest BCUT2D eigenvalue weighted by Crippen LogP contribution is 2.22. The van der Waals surface area contributed by atoms with E-state index in [-0.39, 0.29) is 16.2 Å². The van der Waals surface area contributed by atoms with Crippen LogP contribution >= 0.6 is 11.6 Å². The van der Waals surface area contributed by atoms with E-state index in [1.807, 2.05) is 13.8 Å². The number of rotatable bonds is 3. The quantitative estimate of drug-likeness (QED) is 0.917. The Morgan fingerprint density at radius 3 is 2.61 bits per heavy atom. The molecule has 0 radical (unpaired) electrons. The highest BCUT2D eigenvalue weighted by atomic mass is 35.5. The standard InChI is InChI=1S/C11H16ClN3O2S/c1-7-8(2)15-11(10(12)14-7)13-6-9-4-3-5-18(9,16)17/h9H,3-6H2,1-2H3,(H,13,15). The maximum atomic E-state index is 11.7. The average Bonchev–Trinajstić information content (AvgIpc) is 2.61. The molecule has 1 aliphatic rings. The Hall–Kier alpha value is -0.880. The molecule has 0 aliphatic carbocycles. The molecule has 0 spiro atoms. The third-order valence-corrected chi connectivity index (χ3v) is 5.76. The minimum Gasteiger partial charge on any atom is -0.366 e. The number of hydrogen-bond donors (Lipinski definition) is 1. The first-order valence-electron chi connectivity index (χ1n) is 5.86. The van der Waals surface area contributed by atoms with Gasteiger partial charge in [0, 0.05) is 6.54 Å². The molecule has 2 rings (SSSR count). The van der Waals surface area contributed by atoms with Crippen LogP contribution in [0, 0.1) is 13.8 Å². The van der Waals surface area contributed by atoms with Crippen LogP contribution in [-0.4, -0.2) is 35.9 Å². The number of nitrogens with zero attached hydrogens (tertiary/aromatic N) is 2. The van der Waals surface area contributed by atoms with Crippen LogP contribution in [0.2, 0.25) is 5.15 Å². The summed E-state index contributed by atoms with van der Waals surface area (Å²) in [5.41, 5.74) is 1.57. The van der Waals surface area contributed by atoms with Crippen LogP contribution in [0.5, 0.6) is 0 Å². The third kappa shape index (κ3) is 2.75. The topological polar surface area (TPSA) is 72.0 Å². The van der Waals surface area contributed by atoms with Gasteiger partial charge in [-0.15, -0.1) is 0 Å². The number of sulfone groups is 1.